The largest absolute Gasteiger partial charge is 0.314 e. The molecule has 0 saturated carbocycles. The summed E-state index contributed by atoms with van der Waals surface area (Å²) in [5, 5.41) is 3.31. The fraction of sp³-hybridized carbons (Fsp3) is 0.462. The number of nitrogens with zero attached hydrogens (tertiary/aromatic N) is 1. The van der Waals surface area contributed by atoms with Crippen molar-refractivity contribution >= 4 is 21.7 Å². The molecule has 0 amide bonds. The van der Waals surface area contributed by atoms with Crippen LogP contribution in [0.2, 0.25) is 0 Å². The Labute approximate surface area is 110 Å². The van der Waals surface area contributed by atoms with Crippen molar-refractivity contribution in [2.45, 2.75) is 6.42 Å². The van der Waals surface area contributed by atoms with E-state index in [-0.39, 0.29) is 5.78 Å². The zero-order valence-corrected chi connectivity index (χ0v) is 11.4. The molecule has 1 N–H and O–H groups in total. The lowest BCUT2D eigenvalue weighted by molar-refractivity contribution is 0.0960. The van der Waals surface area contributed by atoms with E-state index in [1.165, 1.54) is 0 Å². The van der Waals surface area contributed by atoms with Crippen LogP contribution in [-0.2, 0) is 0 Å². The molecule has 2 rings (SSSR count). The SMILES string of the molecule is O=C(CCN1CCNCC1)c1ccc(Br)cc1. The lowest BCUT2D eigenvalue weighted by Crippen LogP contribution is -2.44. The molecule has 4 heteroatoms. The van der Waals surface area contributed by atoms with E-state index in [2.05, 4.69) is 26.1 Å². The predicted octanol–water partition coefficient (Wildman–Crippen LogP) is 1.93. The Kier molecular flexibility index (Phi) is 4.71. The normalized spacial score (nSPS) is 17.0. The molecule has 1 aliphatic heterocycles. The molecular formula is C13H17BrN2O. The van der Waals surface area contributed by atoms with Crippen molar-refractivity contribution in [2.75, 3.05) is 32.7 Å². The maximum atomic E-state index is 11.9. The number of carbonyl (C=O) groups is 1. The molecule has 0 aliphatic carbocycles. The molecule has 0 unspecified atom stereocenters. The highest BCUT2D eigenvalue weighted by Crippen LogP contribution is 2.12. The van der Waals surface area contributed by atoms with E-state index in [1.807, 2.05) is 24.3 Å². The smallest absolute Gasteiger partial charge is 0.164 e. The topological polar surface area (TPSA) is 32.3 Å². The van der Waals surface area contributed by atoms with Gasteiger partial charge in [0.25, 0.3) is 0 Å². The second kappa shape index (κ2) is 6.28. The highest BCUT2D eigenvalue weighted by atomic mass is 79.9. The van der Waals surface area contributed by atoms with Gasteiger partial charge < -0.3 is 10.2 Å². The van der Waals surface area contributed by atoms with E-state index in [1.54, 1.807) is 0 Å². The van der Waals surface area contributed by atoms with Crippen LogP contribution in [0.3, 0.4) is 0 Å². The van der Waals surface area contributed by atoms with Gasteiger partial charge in [0, 0.05) is 49.2 Å². The van der Waals surface area contributed by atoms with Crippen LogP contribution in [0.25, 0.3) is 0 Å². The van der Waals surface area contributed by atoms with Crippen LogP contribution in [-0.4, -0.2) is 43.4 Å². The van der Waals surface area contributed by atoms with Gasteiger partial charge in [0.2, 0.25) is 0 Å². The van der Waals surface area contributed by atoms with Gasteiger partial charge in [-0.25, -0.2) is 0 Å². The number of rotatable bonds is 4. The Morgan fingerprint density at radius 3 is 2.53 bits per heavy atom. The summed E-state index contributed by atoms with van der Waals surface area (Å²) in [4.78, 5) is 14.3. The number of halogens is 1. The number of hydrogen-bond acceptors (Lipinski definition) is 3. The number of hydrogen-bond donors (Lipinski definition) is 1. The van der Waals surface area contributed by atoms with Crippen LogP contribution >= 0.6 is 15.9 Å². The quantitative estimate of drug-likeness (QED) is 0.862. The molecule has 92 valence electrons. The summed E-state index contributed by atoms with van der Waals surface area (Å²) >= 11 is 3.37. The van der Waals surface area contributed by atoms with Gasteiger partial charge in [0.05, 0.1) is 0 Å². The van der Waals surface area contributed by atoms with E-state index in [0.29, 0.717) is 6.42 Å². The summed E-state index contributed by atoms with van der Waals surface area (Å²) in [6.07, 6.45) is 0.613. The van der Waals surface area contributed by atoms with Gasteiger partial charge in [-0.05, 0) is 12.1 Å². The van der Waals surface area contributed by atoms with Crippen LogP contribution in [0.1, 0.15) is 16.8 Å². The summed E-state index contributed by atoms with van der Waals surface area (Å²) in [5.41, 5.74) is 0.809. The van der Waals surface area contributed by atoms with Crippen molar-refractivity contribution in [3.8, 4) is 0 Å². The van der Waals surface area contributed by atoms with Gasteiger partial charge in [0.1, 0.15) is 0 Å². The van der Waals surface area contributed by atoms with Crippen molar-refractivity contribution in [3.63, 3.8) is 0 Å². The molecule has 1 fully saturated rings. The van der Waals surface area contributed by atoms with Crippen molar-refractivity contribution in [1.82, 2.24) is 10.2 Å². The first-order valence-electron chi connectivity index (χ1n) is 5.97. The minimum Gasteiger partial charge on any atom is -0.314 e. The molecular weight excluding hydrogens is 280 g/mol. The first-order chi connectivity index (χ1) is 8.25. The molecule has 17 heavy (non-hydrogen) atoms. The Morgan fingerprint density at radius 1 is 1.24 bits per heavy atom. The molecule has 0 spiro atoms. The third-order valence-corrected chi connectivity index (χ3v) is 3.56. The van der Waals surface area contributed by atoms with Crippen molar-refractivity contribution < 1.29 is 4.79 Å². The fourth-order valence-electron chi connectivity index (χ4n) is 1.97. The zero-order chi connectivity index (χ0) is 12.1. The molecule has 1 saturated heterocycles. The average Bonchev–Trinajstić information content (AvgIpc) is 2.38. The number of carbonyl (C=O) groups excluding carboxylic acids is 1. The minimum atomic E-state index is 0.232. The standard InChI is InChI=1S/C13H17BrN2O/c14-12-3-1-11(2-4-12)13(17)5-8-16-9-6-15-7-10-16/h1-4,15H,5-10H2. The van der Waals surface area contributed by atoms with Gasteiger partial charge in [0.15, 0.2) is 5.78 Å². The van der Waals surface area contributed by atoms with Gasteiger partial charge in [-0.15, -0.1) is 0 Å². The third-order valence-electron chi connectivity index (χ3n) is 3.03. The summed E-state index contributed by atoms with van der Waals surface area (Å²) in [5.74, 6) is 0.232. The van der Waals surface area contributed by atoms with Crippen LogP contribution in [0.5, 0.6) is 0 Å². The van der Waals surface area contributed by atoms with Gasteiger partial charge in [-0.3, -0.25) is 4.79 Å². The predicted molar refractivity (Wildman–Crippen MR) is 72.4 cm³/mol. The summed E-state index contributed by atoms with van der Waals surface area (Å²) in [7, 11) is 0. The van der Waals surface area contributed by atoms with E-state index >= 15 is 0 Å². The molecule has 1 heterocycles. The highest BCUT2D eigenvalue weighted by molar-refractivity contribution is 9.10. The van der Waals surface area contributed by atoms with E-state index in [9.17, 15) is 4.79 Å². The van der Waals surface area contributed by atoms with Crippen molar-refractivity contribution in [2.24, 2.45) is 0 Å². The van der Waals surface area contributed by atoms with Crippen LogP contribution < -0.4 is 5.32 Å². The number of Topliss-reactive ketones (excluding diaryl/α,β-unsaturated/α-hetero) is 1. The Hall–Kier alpha value is -0.710. The molecule has 3 nitrogen and oxygen atoms in total. The second-order valence-corrected chi connectivity index (χ2v) is 5.19. The molecule has 1 aliphatic rings. The lowest BCUT2D eigenvalue weighted by Gasteiger charge is -2.26. The highest BCUT2D eigenvalue weighted by Gasteiger charge is 2.12. The number of piperazine rings is 1. The fourth-order valence-corrected chi connectivity index (χ4v) is 2.24. The summed E-state index contributed by atoms with van der Waals surface area (Å²) in [6, 6.07) is 7.59. The molecule has 1 aromatic rings. The Morgan fingerprint density at radius 2 is 1.88 bits per heavy atom. The maximum Gasteiger partial charge on any atom is 0.164 e. The van der Waals surface area contributed by atoms with Crippen LogP contribution in [0.4, 0.5) is 0 Å². The van der Waals surface area contributed by atoms with Crippen LogP contribution in [0, 0.1) is 0 Å². The first kappa shape index (κ1) is 12.7. The average molecular weight is 297 g/mol. The van der Waals surface area contributed by atoms with Gasteiger partial charge >= 0.3 is 0 Å². The molecule has 1 aromatic carbocycles. The maximum absolute atomic E-state index is 11.9. The van der Waals surface area contributed by atoms with Crippen molar-refractivity contribution in [1.29, 1.82) is 0 Å². The Balaban J connectivity index is 1.82. The van der Waals surface area contributed by atoms with Gasteiger partial charge in [-0.1, -0.05) is 28.1 Å². The first-order valence-corrected chi connectivity index (χ1v) is 6.77. The summed E-state index contributed by atoms with van der Waals surface area (Å²) in [6.45, 7) is 5.04. The number of nitrogens with one attached hydrogen (secondary N) is 1. The minimum absolute atomic E-state index is 0.232. The Bertz CT molecular complexity index is 372. The molecule has 0 radical (unpaired) electrons. The van der Waals surface area contributed by atoms with Gasteiger partial charge in [-0.2, -0.15) is 0 Å². The second-order valence-electron chi connectivity index (χ2n) is 4.27. The molecule has 0 bridgehead atoms. The molecule has 0 aromatic heterocycles. The summed E-state index contributed by atoms with van der Waals surface area (Å²) < 4.78 is 1.01. The van der Waals surface area contributed by atoms with E-state index < -0.39 is 0 Å². The zero-order valence-electron chi connectivity index (χ0n) is 9.79. The molecule has 0 atom stereocenters. The lowest BCUT2D eigenvalue weighted by atomic mass is 10.1. The van der Waals surface area contributed by atoms with E-state index in [0.717, 1.165) is 42.8 Å². The number of benzene rings is 1. The third kappa shape index (κ3) is 3.91. The number of ketones is 1. The van der Waals surface area contributed by atoms with E-state index in [4.69, 9.17) is 0 Å². The monoisotopic (exact) mass is 296 g/mol. The van der Waals surface area contributed by atoms with Crippen LogP contribution in [0.15, 0.2) is 28.7 Å². The van der Waals surface area contributed by atoms with Crippen molar-refractivity contribution in [3.05, 3.63) is 34.3 Å².